The van der Waals surface area contributed by atoms with Crippen molar-refractivity contribution in [3.63, 3.8) is 0 Å². The predicted molar refractivity (Wildman–Crippen MR) is 120 cm³/mol. The molecule has 1 fully saturated rings. The average molecular weight is 488 g/mol. The zero-order valence-corrected chi connectivity index (χ0v) is 18.8. The molecule has 0 radical (unpaired) electrons. The van der Waals surface area contributed by atoms with Crippen LogP contribution in [0.5, 0.6) is 0 Å². The lowest BCUT2D eigenvalue weighted by atomic mass is 10.1. The maximum absolute atomic E-state index is 12.2. The van der Waals surface area contributed by atoms with Crippen LogP contribution in [0.15, 0.2) is 29.3 Å². The highest BCUT2D eigenvalue weighted by Gasteiger charge is 2.17. The van der Waals surface area contributed by atoms with Crippen LogP contribution >= 0.6 is 24.0 Å². The molecule has 0 spiro atoms. The number of benzene rings is 1. The molecule has 27 heavy (non-hydrogen) atoms. The second-order valence-electron chi connectivity index (χ2n) is 6.46. The van der Waals surface area contributed by atoms with Crippen molar-refractivity contribution < 1.29 is 9.53 Å². The van der Waals surface area contributed by atoms with Crippen LogP contribution in [-0.4, -0.2) is 49.6 Å². The van der Waals surface area contributed by atoms with E-state index < -0.39 is 0 Å². The van der Waals surface area contributed by atoms with Crippen molar-refractivity contribution >= 4 is 35.8 Å². The van der Waals surface area contributed by atoms with E-state index in [0.717, 1.165) is 56.6 Å². The molecular weight excluding hydrogens is 455 g/mol. The van der Waals surface area contributed by atoms with Gasteiger partial charge in [-0.05, 0) is 37.3 Å². The Morgan fingerprint density at radius 3 is 2.52 bits per heavy atom. The number of amides is 1. The van der Waals surface area contributed by atoms with Gasteiger partial charge in [-0.3, -0.25) is 4.79 Å². The van der Waals surface area contributed by atoms with Crippen molar-refractivity contribution in [2.24, 2.45) is 4.99 Å². The van der Waals surface area contributed by atoms with Crippen LogP contribution in [0.2, 0.25) is 0 Å². The van der Waals surface area contributed by atoms with Crippen LogP contribution in [0.3, 0.4) is 0 Å². The number of nitrogens with one attached hydrogen (secondary N) is 2. The highest BCUT2D eigenvalue weighted by Crippen LogP contribution is 2.12. The minimum Gasteiger partial charge on any atom is -0.377 e. The van der Waals surface area contributed by atoms with Gasteiger partial charge in [0.05, 0.1) is 19.7 Å². The number of aliphatic imine (C=N–C) groups is 1. The molecule has 2 N–H and O–H groups in total. The summed E-state index contributed by atoms with van der Waals surface area (Å²) in [7, 11) is 0. The summed E-state index contributed by atoms with van der Waals surface area (Å²) in [6.45, 7) is 8.84. The minimum atomic E-state index is 0. The van der Waals surface area contributed by atoms with Crippen LogP contribution in [0.4, 0.5) is 0 Å². The molecule has 0 atom stereocenters. The second-order valence-corrected chi connectivity index (χ2v) is 6.46. The third-order valence-electron chi connectivity index (χ3n) is 4.34. The molecule has 1 aliphatic heterocycles. The molecule has 0 aromatic heterocycles. The molecule has 2 rings (SSSR count). The maximum atomic E-state index is 12.2. The number of carbonyl (C=O) groups excluding carboxylic acids is 1. The quantitative estimate of drug-likeness (QED) is 0.243. The fraction of sp³-hybridized carbons (Fsp3) is 0.600. The number of rotatable bonds is 9. The Balaban J connectivity index is 0.00000364. The molecule has 0 bridgehead atoms. The summed E-state index contributed by atoms with van der Waals surface area (Å²) >= 11 is 0. The van der Waals surface area contributed by atoms with Gasteiger partial charge in [0, 0.05) is 26.2 Å². The average Bonchev–Trinajstić information content (AvgIpc) is 3.20. The summed E-state index contributed by atoms with van der Waals surface area (Å²) in [6, 6.07) is 8.20. The Hall–Kier alpha value is -1.35. The predicted octanol–water partition coefficient (Wildman–Crippen LogP) is 2.91. The van der Waals surface area contributed by atoms with Gasteiger partial charge in [0.1, 0.15) is 0 Å². The highest BCUT2D eigenvalue weighted by molar-refractivity contribution is 14.0. The van der Waals surface area contributed by atoms with Crippen molar-refractivity contribution in [3.05, 3.63) is 35.4 Å². The van der Waals surface area contributed by atoms with E-state index >= 15 is 0 Å². The summed E-state index contributed by atoms with van der Waals surface area (Å²) < 4.78 is 5.67. The van der Waals surface area contributed by atoms with Crippen molar-refractivity contribution in [3.8, 4) is 0 Å². The van der Waals surface area contributed by atoms with Crippen LogP contribution in [0.1, 0.15) is 44.2 Å². The van der Waals surface area contributed by atoms with E-state index in [-0.39, 0.29) is 36.4 Å². The summed E-state index contributed by atoms with van der Waals surface area (Å²) in [5.74, 6) is 0.811. The Labute approximate surface area is 180 Å². The van der Waals surface area contributed by atoms with Gasteiger partial charge in [-0.1, -0.05) is 31.2 Å². The van der Waals surface area contributed by atoms with E-state index in [1.54, 1.807) is 0 Å². The minimum absolute atomic E-state index is 0. The number of halogens is 1. The Bertz CT molecular complexity index is 589. The lowest BCUT2D eigenvalue weighted by Gasteiger charge is -2.17. The molecule has 1 aromatic rings. The van der Waals surface area contributed by atoms with Crippen LogP contribution in [-0.2, 0) is 22.7 Å². The molecule has 152 valence electrons. The third kappa shape index (κ3) is 8.47. The highest BCUT2D eigenvalue weighted by atomic mass is 127. The third-order valence-corrected chi connectivity index (χ3v) is 4.34. The smallest absolute Gasteiger partial charge is 0.241 e. The fourth-order valence-electron chi connectivity index (χ4n) is 2.92. The number of nitrogens with zero attached hydrogens (tertiary/aromatic N) is 2. The molecule has 1 amide bonds. The van der Waals surface area contributed by atoms with E-state index in [1.165, 1.54) is 0 Å². The van der Waals surface area contributed by atoms with Crippen LogP contribution in [0.25, 0.3) is 0 Å². The largest absolute Gasteiger partial charge is 0.377 e. The van der Waals surface area contributed by atoms with Gasteiger partial charge in [0.2, 0.25) is 5.91 Å². The molecule has 1 saturated heterocycles. The van der Waals surface area contributed by atoms with E-state index in [1.807, 2.05) is 24.0 Å². The molecule has 1 aromatic carbocycles. The summed E-state index contributed by atoms with van der Waals surface area (Å²) in [5, 5.41) is 6.36. The number of hydrogen-bond acceptors (Lipinski definition) is 3. The van der Waals surface area contributed by atoms with Gasteiger partial charge in [-0.25, -0.2) is 4.99 Å². The molecule has 1 heterocycles. The molecule has 0 unspecified atom stereocenters. The first-order chi connectivity index (χ1) is 12.7. The summed E-state index contributed by atoms with van der Waals surface area (Å²) in [5.41, 5.74) is 2.31. The summed E-state index contributed by atoms with van der Waals surface area (Å²) in [4.78, 5) is 18.7. The van der Waals surface area contributed by atoms with Crippen molar-refractivity contribution in [1.82, 2.24) is 15.5 Å². The van der Waals surface area contributed by atoms with Crippen LogP contribution < -0.4 is 10.6 Å². The number of likely N-dealkylation sites (tertiary alicyclic amines) is 1. The Morgan fingerprint density at radius 2 is 1.85 bits per heavy atom. The zero-order chi connectivity index (χ0) is 18.6. The Morgan fingerprint density at radius 1 is 1.15 bits per heavy atom. The van der Waals surface area contributed by atoms with Gasteiger partial charge < -0.3 is 20.3 Å². The van der Waals surface area contributed by atoms with Crippen LogP contribution in [0, 0.1) is 0 Å². The lowest BCUT2D eigenvalue weighted by molar-refractivity contribution is -0.128. The number of guanidine groups is 1. The standard InChI is InChI=1S/C20H32N4O2.HI/c1-3-13-26-16-18-10-6-5-9-17(18)14-22-20(21-4-2)23-15-19(25)24-11-7-8-12-24;/h5-6,9-10H,3-4,7-8,11-16H2,1-2H3,(H2,21,22,23);1H. The number of ether oxygens (including phenoxy) is 1. The van der Waals surface area contributed by atoms with Crippen molar-refractivity contribution in [1.29, 1.82) is 0 Å². The first kappa shape index (κ1) is 23.7. The topological polar surface area (TPSA) is 66.0 Å². The zero-order valence-electron chi connectivity index (χ0n) is 16.5. The lowest BCUT2D eigenvalue weighted by Crippen LogP contribution is -2.44. The number of carbonyl (C=O) groups is 1. The van der Waals surface area contributed by atoms with Gasteiger partial charge in [0.25, 0.3) is 0 Å². The molecular formula is C20H33IN4O2. The van der Waals surface area contributed by atoms with E-state index in [0.29, 0.717) is 19.1 Å². The van der Waals surface area contributed by atoms with Gasteiger partial charge in [-0.15, -0.1) is 24.0 Å². The molecule has 7 heteroatoms. The Kier molecular flexibility index (Phi) is 12.1. The fourth-order valence-corrected chi connectivity index (χ4v) is 2.92. The number of hydrogen-bond donors (Lipinski definition) is 2. The second kappa shape index (κ2) is 13.8. The van der Waals surface area contributed by atoms with E-state index in [9.17, 15) is 4.79 Å². The monoisotopic (exact) mass is 488 g/mol. The summed E-state index contributed by atoms with van der Waals surface area (Å²) in [6.07, 6.45) is 3.23. The van der Waals surface area contributed by atoms with Gasteiger partial charge in [0.15, 0.2) is 5.96 Å². The van der Waals surface area contributed by atoms with Gasteiger partial charge >= 0.3 is 0 Å². The molecule has 6 nitrogen and oxygen atoms in total. The molecule has 0 saturated carbocycles. The van der Waals surface area contributed by atoms with E-state index in [4.69, 9.17) is 4.74 Å². The normalized spacial score (nSPS) is 14.0. The SMILES string of the molecule is CCCOCc1ccccc1CN=C(NCC)NCC(=O)N1CCCC1.I. The maximum Gasteiger partial charge on any atom is 0.241 e. The van der Waals surface area contributed by atoms with Crippen molar-refractivity contribution in [2.45, 2.75) is 46.3 Å². The van der Waals surface area contributed by atoms with Gasteiger partial charge in [-0.2, -0.15) is 0 Å². The molecule has 0 aliphatic carbocycles. The first-order valence-corrected chi connectivity index (χ1v) is 9.69. The first-order valence-electron chi connectivity index (χ1n) is 9.69. The molecule has 1 aliphatic rings. The van der Waals surface area contributed by atoms with Crippen molar-refractivity contribution in [2.75, 3.05) is 32.8 Å². The van der Waals surface area contributed by atoms with E-state index in [2.05, 4.69) is 34.7 Å².